The van der Waals surface area contributed by atoms with E-state index in [2.05, 4.69) is 188 Å². The van der Waals surface area contributed by atoms with Crippen molar-refractivity contribution < 1.29 is 4.42 Å². The molecule has 264 valence electrons. The molecule has 56 heavy (non-hydrogen) atoms. The third-order valence-electron chi connectivity index (χ3n) is 10.5. The molecule has 0 radical (unpaired) electrons. The van der Waals surface area contributed by atoms with Gasteiger partial charge >= 0.3 is 0 Å². The zero-order valence-corrected chi connectivity index (χ0v) is 33.0. The van der Waals surface area contributed by atoms with Crippen molar-refractivity contribution in [3.05, 3.63) is 205 Å². The topological polar surface area (TPSA) is 37.9 Å². The third-order valence-corrected chi connectivity index (χ3v) is 14.5. The van der Waals surface area contributed by atoms with Crippen LogP contribution in [0.1, 0.15) is 16.7 Å². The van der Waals surface area contributed by atoms with Gasteiger partial charge < -0.3 is 4.42 Å². The highest BCUT2D eigenvalue weighted by atomic mass is 127. The minimum Gasteiger partial charge on any atom is -0.456 e. The average Bonchev–Trinajstić information content (AvgIpc) is 3.85. The molecule has 10 aromatic rings. The lowest BCUT2D eigenvalue weighted by Crippen LogP contribution is -2.11. The van der Waals surface area contributed by atoms with Crippen molar-refractivity contribution in [3.63, 3.8) is 0 Å². The average molecular weight is 847 g/mol. The van der Waals surface area contributed by atoms with Gasteiger partial charge in [-0.3, -0.25) is 0 Å². The first-order valence-corrected chi connectivity index (χ1v) is 21.6. The van der Waals surface area contributed by atoms with E-state index < -0.39 is 20.7 Å². The maximum atomic E-state index is 6.45. The van der Waals surface area contributed by atoms with E-state index >= 15 is 0 Å². The maximum Gasteiger partial charge on any atom is 0.161 e. The molecule has 0 N–H and O–H groups in total. The predicted octanol–water partition coefficient (Wildman–Crippen LogP) is 14.3. The third kappa shape index (κ3) is 5.83. The molecule has 1 aliphatic rings. The van der Waals surface area contributed by atoms with Crippen LogP contribution in [-0.2, 0) is 0 Å². The van der Waals surface area contributed by atoms with Gasteiger partial charge in [0, 0.05) is 47.6 Å². The zero-order valence-electron chi connectivity index (χ0n) is 30.0. The number of furan rings is 1. The molecule has 0 aliphatic carbocycles. The Hall–Kier alpha value is -6.28. The van der Waals surface area contributed by atoms with E-state index in [9.17, 15) is 0 Å². The fourth-order valence-electron chi connectivity index (χ4n) is 7.69. The Kier molecular flexibility index (Phi) is 8.14. The van der Waals surface area contributed by atoms with Crippen LogP contribution in [-0.4, -0.2) is 13.2 Å². The Balaban J connectivity index is 0.976. The number of rotatable bonds is 6. The molecule has 0 fully saturated rings. The monoisotopic (exact) mass is 846 g/mol. The Morgan fingerprint density at radius 3 is 1.62 bits per heavy atom. The van der Waals surface area contributed by atoms with Crippen molar-refractivity contribution in [3.8, 4) is 33.4 Å². The molecule has 0 saturated carbocycles. The number of nitrogens with zero attached hydrogens (tertiary/aromatic N) is 2. The molecule has 0 spiro atoms. The minimum absolute atomic E-state index is 0.666. The summed E-state index contributed by atoms with van der Waals surface area (Å²) in [6, 6.07) is 66.9. The van der Waals surface area contributed by atoms with Crippen LogP contribution in [0.15, 0.2) is 202 Å². The van der Waals surface area contributed by atoms with Gasteiger partial charge in [0.2, 0.25) is 0 Å². The summed E-state index contributed by atoms with van der Waals surface area (Å²) < 4.78 is 11.3. The molecule has 11 rings (SSSR count). The normalized spacial score (nSPS) is 13.1. The molecule has 0 unspecified atom stereocenters. The lowest BCUT2D eigenvalue weighted by molar-refractivity contribution is 0.669. The number of aliphatic imine (C=N–C) groups is 2. The van der Waals surface area contributed by atoms with Gasteiger partial charge in [0.05, 0.1) is 0 Å². The molecule has 5 heteroatoms. The molecule has 0 amide bonds. The summed E-state index contributed by atoms with van der Waals surface area (Å²) in [4.78, 5) is 10.5. The largest absolute Gasteiger partial charge is 0.456 e. The van der Waals surface area contributed by atoms with Crippen molar-refractivity contribution in [1.29, 1.82) is 0 Å². The van der Waals surface area contributed by atoms with Crippen molar-refractivity contribution >= 4 is 87.4 Å². The van der Waals surface area contributed by atoms with E-state index in [1.807, 2.05) is 11.3 Å². The summed E-state index contributed by atoms with van der Waals surface area (Å²) in [7, 11) is 0. The van der Waals surface area contributed by atoms with Crippen LogP contribution in [0.5, 0.6) is 0 Å². The molecular weight excluding hydrogens is 816 g/mol. The minimum atomic E-state index is -0.666. The van der Waals surface area contributed by atoms with E-state index in [1.165, 1.54) is 53.6 Å². The second-order valence-corrected chi connectivity index (χ2v) is 17.5. The van der Waals surface area contributed by atoms with Gasteiger partial charge in [-0.2, -0.15) is 0 Å². The maximum absolute atomic E-state index is 6.45. The number of benzene rings is 8. The molecular formula is C51H31IN2OS. The second kappa shape index (κ2) is 13.8. The van der Waals surface area contributed by atoms with Crippen molar-refractivity contribution in [1.82, 2.24) is 0 Å². The van der Waals surface area contributed by atoms with Gasteiger partial charge in [-0.1, -0.05) is 164 Å². The van der Waals surface area contributed by atoms with Crippen LogP contribution < -0.4 is 0 Å². The first-order valence-electron chi connectivity index (χ1n) is 18.6. The summed E-state index contributed by atoms with van der Waals surface area (Å²) in [6.45, 7) is 0. The Morgan fingerprint density at radius 2 is 0.946 bits per heavy atom. The Labute approximate surface area is 337 Å². The summed E-state index contributed by atoms with van der Waals surface area (Å²) in [6.07, 6.45) is 0. The highest BCUT2D eigenvalue weighted by Crippen LogP contribution is 2.44. The number of thiophene rings is 1. The van der Waals surface area contributed by atoms with Gasteiger partial charge in [-0.05, 0) is 78.4 Å². The molecule has 3 heterocycles. The number of halogens is 1. The van der Waals surface area contributed by atoms with Gasteiger partial charge in [-0.25, -0.2) is 9.98 Å². The number of hydrogen-bond donors (Lipinski definition) is 0. The van der Waals surface area contributed by atoms with E-state index in [4.69, 9.17) is 14.4 Å². The van der Waals surface area contributed by atoms with Crippen molar-refractivity contribution in [2.24, 2.45) is 9.98 Å². The first kappa shape index (κ1) is 33.1. The Bertz CT molecular complexity index is 3210. The predicted molar refractivity (Wildman–Crippen MR) is 247 cm³/mol. The van der Waals surface area contributed by atoms with E-state index in [0.717, 1.165) is 51.8 Å². The summed E-state index contributed by atoms with van der Waals surface area (Å²) in [5, 5.41) is 4.82. The molecule has 2 aromatic heterocycles. The van der Waals surface area contributed by atoms with Gasteiger partial charge in [0.1, 0.15) is 18.5 Å². The lowest BCUT2D eigenvalue weighted by atomic mass is 9.99. The molecule has 0 bridgehead atoms. The smallest absolute Gasteiger partial charge is 0.161 e. The van der Waals surface area contributed by atoms with Crippen LogP contribution in [0.2, 0.25) is 0 Å². The van der Waals surface area contributed by atoms with Crippen LogP contribution in [0.25, 0.3) is 75.5 Å². The van der Waals surface area contributed by atoms with Gasteiger partial charge in [-0.15, -0.1) is 11.3 Å². The van der Waals surface area contributed by atoms with Crippen LogP contribution in [0.3, 0.4) is 0 Å². The molecule has 0 saturated heterocycles. The Morgan fingerprint density at radius 1 is 0.375 bits per heavy atom. The fraction of sp³-hybridized carbons (Fsp3) is 0. The molecule has 3 nitrogen and oxygen atoms in total. The second-order valence-electron chi connectivity index (χ2n) is 13.9. The summed E-state index contributed by atoms with van der Waals surface area (Å²) >= 11 is 1.22. The first-order chi connectivity index (χ1) is 27.7. The van der Waals surface area contributed by atoms with Crippen molar-refractivity contribution in [2.45, 2.75) is 0 Å². The molecule has 8 aromatic carbocycles. The number of fused-ring (bicyclic) bond motifs is 6. The lowest BCUT2D eigenvalue weighted by Gasteiger charge is -2.13. The summed E-state index contributed by atoms with van der Waals surface area (Å²) in [5.74, 6) is 0.737. The van der Waals surface area contributed by atoms with Crippen LogP contribution >= 0.6 is 32.1 Å². The number of hydrogen-bond acceptors (Lipinski definition) is 4. The van der Waals surface area contributed by atoms with Crippen LogP contribution in [0.4, 0.5) is 0 Å². The zero-order chi connectivity index (χ0) is 37.0. The molecule has 0 atom stereocenters. The van der Waals surface area contributed by atoms with Crippen molar-refractivity contribution in [2.75, 3.05) is 0 Å². The van der Waals surface area contributed by atoms with E-state index in [0.29, 0.717) is 0 Å². The fourth-order valence-corrected chi connectivity index (χ4v) is 11.6. The standard InChI is InChI=1S/C51H31IN2OS/c1-4-12-32(13-5-1)37-27-29-45-44(30-37)41-28-26-38(31-46(41)55-45)50-52-49(35-16-8-3-9-17-35)53-51(54-50)36-24-22-34(23-25-36)40-19-11-21-43-42-20-10-18-39(47(42)56-48(40)43)33-14-6-2-7-15-33/h1-31H. The number of amidine groups is 1. The quantitative estimate of drug-likeness (QED) is 0.154. The van der Waals surface area contributed by atoms with E-state index in [-0.39, 0.29) is 0 Å². The van der Waals surface area contributed by atoms with Crippen LogP contribution in [0, 0.1) is 0 Å². The van der Waals surface area contributed by atoms with Gasteiger partial charge in [0.15, 0.2) is 5.84 Å². The highest BCUT2D eigenvalue weighted by Gasteiger charge is 2.19. The summed E-state index contributed by atoms with van der Waals surface area (Å²) in [5.41, 5.74) is 12.3. The molecule has 1 aliphatic heterocycles. The highest BCUT2D eigenvalue weighted by molar-refractivity contribution is 14.2. The SMILES string of the molecule is c1ccc(C2=NC(c3ccc(-c4cccc5c4sc4c(-c6ccccc6)cccc45)cc3)=NC(c3ccc4c(c3)oc3ccc(-c5ccccc5)cc34)=I2)cc1. The van der Waals surface area contributed by atoms with E-state index in [1.54, 1.807) is 0 Å². The van der Waals surface area contributed by atoms with Gasteiger partial charge in [0.25, 0.3) is 0 Å².